The molecule has 0 aromatic heterocycles. The summed E-state index contributed by atoms with van der Waals surface area (Å²) in [7, 11) is 0. The maximum Gasteiger partial charge on any atom is 0.238 e. The molecular weight excluding hydrogens is 238 g/mol. The molecule has 0 radical (unpaired) electrons. The molecule has 2 rings (SSSR count). The van der Waals surface area contributed by atoms with Gasteiger partial charge in [0.15, 0.2) is 0 Å². The SMILES string of the molecule is Cc1ccccc1C(C)NC(=O)C1CNC(C)CN1. The van der Waals surface area contributed by atoms with Gasteiger partial charge < -0.3 is 16.0 Å². The van der Waals surface area contributed by atoms with Crippen molar-refractivity contribution in [2.24, 2.45) is 0 Å². The smallest absolute Gasteiger partial charge is 0.238 e. The normalized spacial score (nSPS) is 24.8. The fourth-order valence-electron chi connectivity index (χ4n) is 2.43. The molecule has 0 aliphatic carbocycles. The van der Waals surface area contributed by atoms with Crippen molar-refractivity contribution < 1.29 is 4.79 Å². The number of hydrogen-bond donors (Lipinski definition) is 3. The van der Waals surface area contributed by atoms with Gasteiger partial charge in [-0.1, -0.05) is 24.3 Å². The topological polar surface area (TPSA) is 53.2 Å². The van der Waals surface area contributed by atoms with E-state index in [0.29, 0.717) is 12.6 Å². The van der Waals surface area contributed by atoms with E-state index in [1.54, 1.807) is 0 Å². The van der Waals surface area contributed by atoms with Gasteiger partial charge in [0.25, 0.3) is 0 Å². The first kappa shape index (κ1) is 14.0. The molecule has 104 valence electrons. The fourth-order valence-corrected chi connectivity index (χ4v) is 2.43. The van der Waals surface area contributed by atoms with Gasteiger partial charge in [-0.15, -0.1) is 0 Å². The highest BCUT2D eigenvalue weighted by Crippen LogP contribution is 2.16. The molecule has 4 nitrogen and oxygen atoms in total. The first-order valence-corrected chi connectivity index (χ1v) is 6.90. The van der Waals surface area contributed by atoms with Crippen LogP contribution in [0.2, 0.25) is 0 Å². The molecule has 1 heterocycles. The molecule has 1 fully saturated rings. The van der Waals surface area contributed by atoms with Crippen molar-refractivity contribution in [2.45, 2.75) is 38.9 Å². The second-order valence-electron chi connectivity index (χ2n) is 5.36. The minimum Gasteiger partial charge on any atom is -0.348 e. The predicted octanol–water partition coefficient (Wildman–Crippen LogP) is 1.12. The molecule has 1 aliphatic heterocycles. The first-order valence-electron chi connectivity index (χ1n) is 6.90. The number of rotatable bonds is 3. The van der Waals surface area contributed by atoms with E-state index in [0.717, 1.165) is 6.54 Å². The lowest BCUT2D eigenvalue weighted by Crippen LogP contribution is -2.59. The first-order chi connectivity index (χ1) is 9.08. The zero-order chi connectivity index (χ0) is 13.8. The molecule has 4 heteroatoms. The molecule has 0 spiro atoms. The van der Waals surface area contributed by atoms with E-state index in [2.05, 4.69) is 41.9 Å². The van der Waals surface area contributed by atoms with Gasteiger partial charge in [0, 0.05) is 19.1 Å². The van der Waals surface area contributed by atoms with Crippen LogP contribution in [0.3, 0.4) is 0 Å². The lowest BCUT2D eigenvalue weighted by molar-refractivity contribution is -0.124. The Labute approximate surface area is 115 Å². The molecule has 3 atom stereocenters. The van der Waals surface area contributed by atoms with E-state index in [9.17, 15) is 4.79 Å². The van der Waals surface area contributed by atoms with Crippen molar-refractivity contribution in [3.8, 4) is 0 Å². The maximum atomic E-state index is 12.2. The van der Waals surface area contributed by atoms with Gasteiger partial charge in [-0.3, -0.25) is 4.79 Å². The van der Waals surface area contributed by atoms with Gasteiger partial charge in [0.1, 0.15) is 0 Å². The van der Waals surface area contributed by atoms with Gasteiger partial charge in [-0.25, -0.2) is 0 Å². The van der Waals surface area contributed by atoms with E-state index in [-0.39, 0.29) is 18.0 Å². The Morgan fingerprint density at radius 2 is 2.05 bits per heavy atom. The minimum absolute atomic E-state index is 0.0369. The number of piperazine rings is 1. The summed E-state index contributed by atoms with van der Waals surface area (Å²) in [6.45, 7) is 7.72. The Morgan fingerprint density at radius 1 is 1.32 bits per heavy atom. The summed E-state index contributed by atoms with van der Waals surface area (Å²) in [5, 5.41) is 9.66. The van der Waals surface area contributed by atoms with Crippen molar-refractivity contribution in [1.82, 2.24) is 16.0 Å². The Hall–Kier alpha value is -1.39. The van der Waals surface area contributed by atoms with Crippen LogP contribution in [-0.2, 0) is 4.79 Å². The number of nitrogens with one attached hydrogen (secondary N) is 3. The highest BCUT2D eigenvalue weighted by atomic mass is 16.2. The number of benzene rings is 1. The molecule has 0 saturated carbocycles. The Morgan fingerprint density at radius 3 is 2.68 bits per heavy atom. The summed E-state index contributed by atoms with van der Waals surface area (Å²) >= 11 is 0. The summed E-state index contributed by atoms with van der Waals surface area (Å²) in [5.74, 6) is 0.0650. The summed E-state index contributed by atoms with van der Waals surface area (Å²) in [6, 6.07) is 8.49. The van der Waals surface area contributed by atoms with E-state index in [1.807, 2.05) is 19.1 Å². The van der Waals surface area contributed by atoms with Crippen LogP contribution in [0.15, 0.2) is 24.3 Å². The average Bonchev–Trinajstić information content (AvgIpc) is 2.39. The van der Waals surface area contributed by atoms with Crippen LogP contribution in [-0.4, -0.2) is 31.1 Å². The average molecular weight is 261 g/mol. The second-order valence-corrected chi connectivity index (χ2v) is 5.36. The number of carbonyl (C=O) groups excluding carboxylic acids is 1. The van der Waals surface area contributed by atoms with Gasteiger partial charge >= 0.3 is 0 Å². The molecule has 1 saturated heterocycles. The standard InChI is InChI=1S/C15H23N3O/c1-10-6-4-5-7-13(10)12(3)18-15(19)14-9-16-11(2)8-17-14/h4-7,11-12,14,16-17H,8-9H2,1-3H3,(H,18,19). The highest BCUT2D eigenvalue weighted by molar-refractivity contribution is 5.82. The largest absolute Gasteiger partial charge is 0.348 e. The van der Waals surface area contributed by atoms with Crippen LogP contribution in [0.4, 0.5) is 0 Å². The van der Waals surface area contributed by atoms with E-state index >= 15 is 0 Å². The van der Waals surface area contributed by atoms with E-state index in [1.165, 1.54) is 11.1 Å². The van der Waals surface area contributed by atoms with Crippen LogP contribution in [0, 0.1) is 6.92 Å². The summed E-state index contributed by atoms with van der Waals surface area (Å²) in [5.41, 5.74) is 2.38. The molecule has 19 heavy (non-hydrogen) atoms. The van der Waals surface area contributed by atoms with E-state index < -0.39 is 0 Å². The third-order valence-electron chi connectivity index (χ3n) is 3.67. The van der Waals surface area contributed by atoms with Crippen molar-refractivity contribution in [3.63, 3.8) is 0 Å². The summed E-state index contributed by atoms with van der Waals surface area (Å²) in [6.07, 6.45) is 0. The molecule has 1 aliphatic rings. The van der Waals surface area contributed by atoms with Crippen LogP contribution < -0.4 is 16.0 Å². The minimum atomic E-state index is -0.136. The molecule has 3 unspecified atom stereocenters. The number of hydrogen-bond acceptors (Lipinski definition) is 3. The fraction of sp³-hybridized carbons (Fsp3) is 0.533. The van der Waals surface area contributed by atoms with Crippen molar-refractivity contribution in [3.05, 3.63) is 35.4 Å². The lowest BCUT2D eigenvalue weighted by atomic mass is 10.0. The van der Waals surface area contributed by atoms with Gasteiger partial charge in [0.05, 0.1) is 12.1 Å². The Balaban J connectivity index is 1.94. The van der Waals surface area contributed by atoms with Gasteiger partial charge in [-0.05, 0) is 31.9 Å². The quantitative estimate of drug-likeness (QED) is 0.764. The predicted molar refractivity (Wildman–Crippen MR) is 77.0 cm³/mol. The Kier molecular flexibility index (Phi) is 4.56. The number of carbonyl (C=O) groups is 1. The third-order valence-corrected chi connectivity index (χ3v) is 3.67. The maximum absolute atomic E-state index is 12.2. The highest BCUT2D eigenvalue weighted by Gasteiger charge is 2.24. The van der Waals surface area contributed by atoms with Crippen LogP contribution >= 0.6 is 0 Å². The van der Waals surface area contributed by atoms with Crippen LogP contribution in [0.5, 0.6) is 0 Å². The molecule has 1 amide bonds. The molecule has 1 aromatic rings. The number of amides is 1. The lowest BCUT2D eigenvalue weighted by Gasteiger charge is -2.29. The molecular formula is C15H23N3O. The zero-order valence-corrected chi connectivity index (χ0v) is 11.9. The number of aryl methyl sites for hydroxylation is 1. The van der Waals surface area contributed by atoms with Crippen LogP contribution in [0.1, 0.15) is 31.0 Å². The zero-order valence-electron chi connectivity index (χ0n) is 11.9. The van der Waals surface area contributed by atoms with Gasteiger partial charge in [-0.2, -0.15) is 0 Å². The van der Waals surface area contributed by atoms with Crippen LogP contribution in [0.25, 0.3) is 0 Å². The second kappa shape index (κ2) is 6.17. The van der Waals surface area contributed by atoms with Gasteiger partial charge in [0.2, 0.25) is 5.91 Å². The summed E-state index contributed by atoms with van der Waals surface area (Å²) in [4.78, 5) is 12.2. The summed E-state index contributed by atoms with van der Waals surface area (Å²) < 4.78 is 0. The molecule has 1 aromatic carbocycles. The monoisotopic (exact) mass is 261 g/mol. The Bertz CT molecular complexity index is 439. The van der Waals surface area contributed by atoms with Crippen molar-refractivity contribution >= 4 is 5.91 Å². The third kappa shape index (κ3) is 3.55. The van der Waals surface area contributed by atoms with Crippen molar-refractivity contribution in [1.29, 1.82) is 0 Å². The van der Waals surface area contributed by atoms with Crippen molar-refractivity contribution in [2.75, 3.05) is 13.1 Å². The molecule has 0 bridgehead atoms. The molecule has 3 N–H and O–H groups in total. The van der Waals surface area contributed by atoms with E-state index in [4.69, 9.17) is 0 Å².